The Bertz CT molecular complexity index is 675. The van der Waals surface area contributed by atoms with Crippen molar-refractivity contribution in [1.29, 1.82) is 5.41 Å². The highest BCUT2D eigenvalue weighted by atomic mass is 79.9. The minimum atomic E-state index is -0.370. The van der Waals surface area contributed by atoms with Crippen LogP contribution in [0.25, 0.3) is 0 Å². The van der Waals surface area contributed by atoms with Crippen LogP contribution in [0.4, 0.5) is 10.1 Å². The van der Waals surface area contributed by atoms with Gasteiger partial charge in [-0.15, -0.1) is 0 Å². The predicted octanol–water partition coefficient (Wildman–Crippen LogP) is 3.39. The summed E-state index contributed by atoms with van der Waals surface area (Å²) in [6.07, 6.45) is 0. The van der Waals surface area contributed by atoms with Crippen LogP contribution in [0.1, 0.15) is 16.7 Å². The zero-order valence-corrected chi connectivity index (χ0v) is 12.2. The number of nitrogen functional groups attached to an aromatic ring is 1. The van der Waals surface area contributed by atoms with E-state index in [1.807, 2.05) is 17.0 Å². The van der Waals surface area contributed by atoms with E-state index < -0.39 is 0 Å². The van der Waals surface area contributed by atoms with Gasteiger partial charge in [-0.3, -0.25) is 5.41 Å². The first kappa shape index (κ1) is 13.1. The van der Waals surface area contributed by atoms with Gasteiger partial charge in [-0.05, 0) is 39.2 Å². The quantitative estimate of drug-likeness (QED) is 0.653. The Balaban J connectivity index is 1.98. The lowest BCUT2D eigenvalue weighted by atomic mass is 10.1. The zero-order chi connectivity index (χ0) is 14.3. The summed E-state index contributed by atoms with van der Waals surface area (Å²) in [6, 6.07) is 11.5. The third kappa shape index (κ3) is 2.08. The van der Waals surface area contributed by atoms with Gasteiger partial charge in [-0.25, -0.2) is 4.39 Å². The lowest BCUT2D eigenvalue weighted by molar-refractivity contribution is 0.612. The molecule has 0 aromatic heterocycles. The number of anilines is 1. The summed E-state index contributed by atoms with van der Waals surface area (Å²) in [5, 5.41) is 7.43. The van der Waals surface area contributed by atoms with Gasteiger partial charge in [0.25, 0.3) is 0 Å². The second kappa shape index (κ2) is 4.90. The number of nitrogens with two attached hydrogens (primary N) is 1. The van der Waals surface area contributed by atoms with Crippen LogP contribution in [0.3, 0.4) is 0 Å². The van der Waals surface area contributed by atoms with E-state index in [1.165, 1.54) is 11.1 Å². The van der Waals surface area contributed by atoms with Crippen molar-refractivity contribution in [3.05, 3.63) is 63.4 Å². The van der Waals surface area contributed by atoms with Gasteiger partial charge in [0, 0.05) is 18.7 Å². The lowest BCUT2D eigenvalue weighted by Gasteiger charge is -2.20. The summed E-state index contributed by atoms with van der Waals surface area (Å²) in [6.45, 7) is 1.39. The van der Waals surface area contributed by atoms with E-state index in [2.05, 4.69) is 28.1 Å². The fourth-order valence-corrected chi connectivity index (χ4v) is 3.04. The van der Waals surface area contributed by atoms with Gasteiger partial charge in [0.2, 0.25) is 0 Å². The van der Waals surface area contributed by atoms with Crippen molar-refractivity contribution in [2.75, 3.05) is 4.90 Å². The molecule has 3 rings (SSSR count). The first-order valence-corrected chi connectivity index (χ1v) is 7.01. The zero-order valence-electron chi connectivity index (χ0n) is 10.7. The number of nitrogens with zero attached hydrogens (tertiary/aromatic N) is 1. The number of amidine groups is 1. The molecule has 2 aromatic carbocycles. The van der Waals surface area contributed by atoms with Crippen LogP contribution in [0.15, 0.2) is 40.9 Å². The van der Waals surface area contributed by atoms with E-state index in [0.29, 0.717) is 24.3 Å². The summed E-state index contributed by atoms with van der Waals surface area (Å²) in [5.74, 6) is -0.516. The molecule has 0 saturated carbocycles. The van der Waals surface area contributed by atoms with Crippen LogP contribution in [0.5, 0.6) is 0 Å². The predicted molar refractivity (Wildman–Crippen MR) is 81.4 cm³/mol. The molecule has 0 unspecified atom stereocenters. The standard InChI is InChI=1S/C15H13BrFN3/c16-13-11(15(18)19)5-6-12(14(13)17)20-7-9-3-1-2-4-10(9)8-20/h1-6H,7-8H2,(H3,18,19). The molecule has 0 saturated heterocycles. The maximum Gasteiger partial charge on any atom is 0.161 e. The van der Waals surface area contributed by atoms with Gasteiger partial charge >= 0.3 is 0 Å². The smallest absolute Gasteiger partial charge is 0.161 e. The highest BCUT2D eigenvalue weighted by molar-refractivity contribution is 9.10. The monoisotopic (exact) mass is 333 g/mol. The van der Waals surface area contributed by atoms with Gasteiger partial charge in [0.1, 0.15) is 5.84 Å². The summed E-state index contributed by atoms with van der Waals surface area (Å²) >= 11 is 3.19. The van der Waals surface area contributed by atoms with Crippen molar-refractivity contribution >= 4 is 27.5 Å². The van der Waals surface area contributed by atoms with Gasteiger partial charge < -0.3 is 10.6 Å². The number of rotatable bonds is 2. The summed E-state index contributed by atoms with van der Waals surface area (Å²) in [4.78, 5) is 1.98. The average molecular weight is 334 g/mol. The van der Waals surface area contributed by atoms with Crippen LogP contribution in [-0.4, -0.2) is 5.84 Å². The van der Waals surface area contributed by atoms with E-state index in [0.717, 1.165) is 0 Å². The van der Waals surface area contributed by atoms with Crippen molar-refractivity contribution in [1.82, 2.24) is 0 Å². The minimum Gasteiger partial charge on any atom is -0.384 e. The Morgan fingerprint density at radius 3 is 2.30 bits per heavy atom. The molecule has 2 aromatic rings. The van der Waals surface area contributed by atoms with Crippen LogP contribution >= 0.6 is 15.9 Å². The third-order valence-electron chi connectivity index (χ3n) is 3.53. The summed E-state index contributed by atoms with van der Waals surface area (Å²) in [5.41, 5.74) is 8.77. The first-order chi connectivity index (χ1) is 9.58. The van der Waals surface area contributed by atoms with E-state index in [4.69, 9.17) is 11.1 Å². The molecule has 0 fully saturated rings. The molecule has 5 heteroatoms. The fourth-order valence-electron chi connectivity index (χ4n) is 2.49. The molecule has 20 heavy (non-hydrogen) atoms. The molecule has 3 N–H and O–H groups in total. The Kier molecular flexibility index (Phi) is 3.22. The van der Waals surface area contributed by atoms with E-state index >= 15 is 0 Å². The molecule has 1 aliphatic rings. The SMILES string of the molecule is N=C(N)c1ccc(N2Cc3ccccc3C2)c(F)c1Br. The molecule has 0 radical (unpaired) electrons. The van der Waals surface area contributed by atoms with Gasteiger partial charge in [-0.1, -0.05) is 24.3 Å². The normalized spacial score (nSPS) is 13.4. The lowest BCUT2D eigenvalue weighted by Crippen LogP contribution is -2.18. The number of benzene rings is 2. The Labute approximate surface area is 124 Å². The molecular formula is C15H13BrFN3. The molecule has 1 aliphatic heterocycles. The van der Waals surface area contributed by atoms with Crippen molar-refractivity contribution in [3.8, 4) is 0 Å². The molecule has 0 spiro atoms. The maximum atomic E-state index is 14.5. The molecule has 3 nitrogen and oxygen atoms in total. The van der Waals surface area contributed by atoms with Gasteiger partial charge in [0.05, 0.1) is 10.2 Å². The van der Waals surface area contributed by atoms with E-state index in [1.54, 1.807) is 12.1 Å². The van der Waals surface area contributed by atoms with Gasteiger partial charge in [-0.2, -0.15) is 0 Å². The highest BCUT2D eigenvalue weighted by Gasteiger charge is 2.23. The number of halogens is 2. The third-order valence-corrected chi connectivity index (χ3v) is 4.31. The van der Waals surface area contributed by atoms with Gasteiger partial charge in [0.15, 0.2) is 5.82 Å². The topological polar surface area (TPSA) is 53.1 Å². The van der Waals surface area contributed by atoms with Crippen molar-refractivity contribution in [2.45, 2.75) is 13.1 Å². The number of hydrogen-bond acceptors (Lipinski definition) is 2. The molecule has 102 valence electrons. The second-order valence-corrected chi connectivity index (χ2v) is 5.59. The molecule has 0 atom stereocenters. The molecule has 0 amide bonds. The minimum absolute atomic E-state index is 0.146. The number of hydrogen-bond donors (Lipinski definition) is 2. The molecule has 0 aliphatic carbocycles. The van der Waals surface area contributed by atoms with Crippen LogP contribution in [0.2, 0.25) is 0 Å². The van der Waals surface area contributed by atoms with E-state index in [9.17, 15) is 4.39 Å². The van der Waals surface area contributed by atoms with Crippen molar-refractivity contribution in [3.63, 3.8) is 0 Å². The Morgan fingerprint density at radius 1 is 1.15 bits per heavy atom. The van der Waals surface area contributed by atoms with Crippen LogP contribution in [-0.2, 0) is 13.1 Å². The Hall–Kier alpha value is -1.88. The Morgan fingerprint density at radius 2 is 1.75 bits per heavy atom. The molecular weight excluding hydrogens is 321 g/mol. The second-order valence-electron chi connectivity index (χ2n) is 4.80. The summed E-state index contributed by atoms with van der Waals surface area (Å²) < 4.78 is 14.7. The maximum absolute atomic E-state index is 14.5. The fraction of sp³-hybridized carbons (Fsp3) is 0.133. The summed E-state index contributed by atoms with van der Waals surface area (Å²) in [7, 11) is 0. The van der Waals surface area contributed by atoms with E-state index in [-0.39, 0.29) is 16.1 Å². The van der Waals surface area contributed by atoms with Crippen LogP contribution < -0.4 is 10.6 Å². The number of fused-ring (bicyclic) bond motifs is 1. The first-order valence-electron chi connectivity index (χ1n) is 6.22. The average Bonchev–Trinajstić information content (AvgIpc) is 2.84. The molecule has 0 bridgehead atoms. The van der Waals surface area contributed by atoms with Crippen molar-refractivity contribution < 1.29 is 4.39 Å². The van der Waals surface area contributed by atoms with Crippen molar-refractivity contribution in [2.24, 2.45) is 5.73 Å². The van der Waals surface area contributed by atoms with Crippen LogP contribution in [0, 0.1) is 11.2 Å². The molecule has 1 heterocycles. The largest absolute Gasteiger partial charge is 0.384 e. The number of nitrogens with one attached hydrogen (secondary N) is 1. The highest BCUT2D eigenvalue weighted by Crippen LogP contribution is 2.34.